The molecule has 0 atom stereocenters. The maximum absolute atomic E-state index is 12.6. The van der Waals surface area contributed by atoms with E-state index in [0.717, 1.165) is 6.07 Å². The average molecular weight is 210 g/mol. The van der Waals surface area contributed by atoms with Gasteiger partial charge >= 0.3 is 0 Å². The highest BCUT2D eigenvalue weighted by Gasteiger charge is 2.27. The van der Waals surface area contributed by atoms with Crippen molar-refractivity contribution in [3.8, 4) is 0 Å². The summed E-state index contributed by atoms with van der Waals surface area (Å²) in [5, 5.41) is 0.260. The molecule has 0 aromatic heterocycles. The van der Waals surface area contributed by atoms with Gasteiger partial charge in [-0.25, -0.2) is 8.78 Å². The Balaban J connectivity index is 3.19. The SMILES string of the molecule is [CH2]C(F)(F)c1ccc(Cl)cc1Cl. The van der Waals surface area contributed by atoms with Crippen LogP contribution < -0.4 is 0 Å². The summed E-state index contributed by atoms with van der Waals surface area (Å²) in [5.41, 5.74) is -0.312. The van der Waals surface area contributed by atoms with E-state index in [-0.39, 0.29) is 10.6 Å². The van der Waals surface area contributed by atoms with Crippen LogP contribution in [-0.4, -0.2) is 0 Å². The van der Waals surface area contributed by atoms with Crippen molar-refractivity contribution in [3.63, 3.8) is 0 Å². The third-order valence-electron chi connectivity index (χ3n) is 1.33. The first-order chi connectivity index (χ1) is 5.41. The van der Waals surface area contributed by atoms with Gasteiger partial charge < -0.3 is 0 Å². The number of hydrogen-bond acceptors (Lipinski definition) is 0. The standard InChI is InChI=1S/C8H5Cl2F2/c1-8(11,12)6-3-2-5(9)4-7(6)10/h2-4H,1H2. The van der Waals surface area contributed by atoms with Crippen LogP contribution in [0.4, 0.5) is 8.78 Å². The first kappa shape index (κ1) is 9.75. The maximum atomic E-state index is 12.6. The summed E-state index contributed by atoms with van der Waals surface area (Å²) in [6.45, 7) is 2.67. The van der Waals surface area contributed by atoms with Crippen molar-refractivity contribution in [3.05, 3.63) is 40.7 Å². The van der Waals surface area contributed by atoms with Crippen molar-refractivity contribution in [1.29, 1.82) is 0 Å². The van der Waals surface area contributed by atoms with Gasteiger partial charge in [-0.05, 0) is 12.1 Å². The summed E-state index contributed by atoms with van der Waals surface area (Å²) in [7, 11) is 0. The maximum Gasteiger partial charge on any atom is 0.274 e. The molecular weight excluding hydrogens is 205 g/mol. The number of rotatable bonds is 1. The predicted molar refractivity (Wildman–Crippen MR) is 45.7 cm³/mol. The van der Waals surface area contributed by atoms with Crippen LogP contribution in [0.25, 0.3) is 0 Å². The number of hydrogen-bond donors (Lipinski definition) is 0. The van der Waals surface area contributed by atoms with Crippen LogP contribution >= 0.6 is 23.2 Å². The zero-order chi connectivity index (χ0) is 9.35. The molecule has 0 fully saturated rings. The van der Waals surface area contributed by atoms with E-state index in [1.165, 1.54) is 12.1 Å². The molecule has 1 aromatic rings. The Kier molecular flexibility index (Phi) is 2.59. The Bertz CT molecular complexity index is 292. The van der Waals surface area contributed by atoms with Gasteiger partial charge in [0.1, 0.15) is 0 Å². The molecular formula is C8H5Cl2F2. The van der Waals surface area contributed by atoms with Crippen molar-refractivity contribution in [2.75, 3.05) is 0 Å². The normalized spacial score (nSPS) is 11.8. The molecule has 0 N–H and O–H groups in total. The molecule has 0 spiro atoms. The average Bonchev–Trinajstić information content (AvgIpc) is 1.83. The van der Waals surface area contributed by atoms with E-state index < -0.39 is 5.92 Å². The first-order valence-electron chi connectivity index (χ1n) is 3.10. The van der Waals surface area contributed by atoms with Crippen molar-refractivity contribution in [2.24, 2.45) is 0 Å². The lowest BCUT2D eigenvalue weighted by atomic mass is 10.1. The van der Waals surface area contributed by atoms with Crippen molar-refractivity contribution < 1.29 is 8.78 Å². The molecule has 1 rings (SSSR count). The topological polar surface area (TPSA) is 0 Å². The van der Waals surface area contributed by atoms with Gasteiger partial charge in [-0.1, -0.05) is 29.3 Å². The molecule has 65 valence electrons. The molecule has 0 unspecified atom stereocenters. The van der Waals surface area contributed by atoms with Gasteiger partial charge in [0.15, 0.2) is 0 Å². The van der Waals surface area contributed by atoms with E-state index in [2.05, 4.69) is 6.92 Å². The molecule has 1 aromatic carbocycles. The lowest BCUT2D eigenvalue weighted by molar-refractivity contribution is 0.0488. The molecule has 0 saturated heterocycles. The van der Waals surface area contributed by atoms with Gasteiger partial charge in [-0.2, -0.15) is 0 Å². The van der Waals surface area contributed by atoms with E-state index >= 15 is 0 Å². The zero-order valence-electron chi connectivity index (χ0n) is 5.95. The molecule has 0 aliphatic heterocycles. The molecule has 0 bridgehead atoms. The van der Waals surface area contributed by atoms with Crippen LogP contribution in [0.1, 0.15) is 5.56 Å². The lowest BCUT2D eigenvalue weighted by Crippen LogP contribution is -2.07. The molecule has 4 heteroatoms. The van der Waals surface area contributed by atoms with E-state index in [0.29, 0.717) is 5.02 Å². The molecule has 0 aliphatic carbocycles. The summed E-state index contributed by atoms with van der Waals surface area (Å²) >= 11 is 11.0. The van der Waals surface area contributed by atoms with Crippen molar-refractivity contribution >= 4 is 23.2 Å². The minimum atomic E-state index is -3.17. The van der Waals surface area contributed by atoms with Crippen LogP contribution in [0.2, 0.25) is 10.0 Å². The molecule has 0 amide bonds. The summed E-state index contributed by atoms with van der Waals surface area (Å²) < 4.78 is 25.2. The quantitative estimate of drug-likeness (QED) is 0.658. The summed E-state index contributed by atoms with van der Waals surface area (Å²) in [5.74, 6) is -3.17. The van der Waals surface area contributed by atoms with Gasteiger partial charge in [0.05, 0.1) is 5.02 Å². The Hall–Kier alpha value is -0.340. The Morgan fingerprint density at radius 1 is 1.25 bits per heavy atom. The third kappa shape index (κ3) is 2.08. The van der Waals surface area contributed by atoms with Crippen molar-refractivity contribution in [2.45, 2.75) is 5.92 Å². The second-order valence-electron chi connectivity index (χ2n) is 2.33. The molecule has 0 nitrogen and oxygen atoms in total. The molecule has 0 heterocycles. The number of alkyl halides is 2. The fourth-order valence-corrected chi connectivity index (χ4v) is 1.33. The van der Waals surface area contributed by atoms with Crippen LogP contribution in [0.15, 0.2) is 18.2 Å². The molecule has 0 aliphatic rings. The van der Waals surface area contributed by atoms with Crippen molar-refractivity contribution in [1.82, 2.24) is 0 Å². The van der Waals surface area contributed by atoms with E-state index in [4.69, 9.17) is 23.2 Å². The van der Waals surface area contributed by atoms with E-state index in [9.17, 15) is 8.78 Å². The van der Waals surface area contributed by atoms with Gasteiger partial charge in [-0.15, -0.1) is 0 Å². The minimum Gasteiger partial charge on any atom is -0.201 e. The van der Waals surface area contributed by atoms with Crippen LogP contribution in [0, 0.1) is 6.92 Å². The number of benzene rings is 1. The highest BCUT2D eigenvalue weighted by molar-refractivity contribution is 6.35. The summed E-state index contributed by atoms with van der Waals surface area (Å²) in [6, 6.07) is 3.77. The third-order valence-corrected chi connectivity index (χ3v) is 1.87. The second-order valence-corrected chi connectivity index (χ2v) is 3.17. The van der Waals surface area contributed by atoms with E-state index in [1.54, 1.807) is 0 Å². The fourth-order valence-electron chi connectivity index (χ4n) is 0.786. The van der Waals surface area contributed by atoms with Gasteiger partial charge in [0.2, 0.25) is 0 Å². The molecule has 0 saturated carbocycles. The Labute approximate surface area is 79.1 Å². The minimum absolute atomic E-state index is 0.0671. The number of halogens is 4. The molecule has 1 radical (unpaired) electrons. The lowest BCUT2D eigenvalue weighted by Gasteiger charge is -2.11. The Morgan fingerprint density at radius 3 is 2.25 bits per heavy atom. The second kappa shape index (κ2) is 3.19. The van der Waals surface area contributed by atoms with Gasteiger partial charge in [0, 0.05) is 17.5 Å². The summed E-state index contributed by atoms with van der Waals surface area (Å²) in [4.78, 5) is 0. The monoisotopic (exact) mass is 209 g/mol. The highest BCUT2D eigenvalue weighted by Crippen LogP contribution is 2.33. The largest absolute Gasteiger partial charge is 0.274 e. The first-order valence-corrected chi connectivity index (χ1v) is 3.85. The van der Waals surface area contributed by atoms with E-state index in [1.807, 2.05) is 0 Å². The zero-order valence-corrected chi connectivity index (χ0v) is 7.46. The van der Waals surface area contributed by atoms with Crippen LogP contribution in [0.5, 0.6) is 0 Å². The predicted octanol–water partition coefficient (Wildman–Crippen LogP) is 3.92. The highest BCUT2D eigenvalue weighted by atomic mass is 35.5. The Morgan fingerprint density at radius 2 is 1.83 bits per heavy atom. The van der Waals surface area contributed by atoms with Gasteiger partial charge in [-0.3, -0.25) is 0 Å². The van der Waals surface area contributed by atoms with Crippen LogP contribution in [-0.2, 0) is 5.92 Å². The smallest absolute Gasteiger partial charge is 0.201 e. The van der Waals surface area contributed by atoms with Crippen LogP contribution in [0.3, 0.4) is 0 Å². The van der Waals surface area contributed by atoms with Gasteiger partial charge in [0.25, 0.3) is 5.92 Å². The fraction of sp³-hybridized carbons (Fsp3) is 0.125. The summed E-state index contributed by atoms with van der Waals surface area (Å²) in [6.07, 6.45) is 0. The molecule has 12 heavy (non-hydrogen) atoms.